The lowest BCUT2D eigenvalue weighted by molar-refractivity contribution is 0.0555. The first-order valence-corrected chi connectivity index (χ1v) is 6.39. The summed E-state index contributed by atoms with van der Waals surface area (Å²) >= 11 is 0. The van der Waals surface area contributed by atoms with Crippen LogP contribution in [0.15, 0.2) is 42.5 Å². The number of hydrogen-bond acceptors (Lipinski definition) is 6. The number of carbonyl (C=O) groups excluding carboxylic acids is 2. The fourth-order valence-corrected chi connectivity index (χ4v) is 1.83. The second kappa shape index (κ2) is 6.62. The molecule has 0 aliphatic rings. The lowest BCUT2D eigenvalue weighted by atomic mass is 10.1. The number of nitrogen functional groups attached to an aromatic ring is 1. The molecule has 0 aliphatic carbocycles. The van der Waals surface area contributed by atoms with Gasteiger partial charge in [-0.1, -0.05) is 0 Å². The molecule has 0 saturated heterocycles. The van der Waals surface area contributed by atoms with Crippen LogP contribution in [-0.2, 0) is 9.47 Å². The monoisotopic (exact) mass is 301 g/mol. The summed E-state index contributed by atoms with van der Waals surface area (Å²) in [5.41, 5.74) is 6.40. The Morgan fingerprint density at radius 2 is 1.36 bits per heavy atom. The van der Waals surface area contributed by atoms with Crippen LogP contribution in [0.4, 0.5) is 5.69 Å². The van der Waals surface area contributed by atoms with E-state index in [-0.39, 0.29) is 11.1 Å². The van der Waals surface area contributed by atoms with E-state index < -0.39 is 11.9 Å². The van der Waals surface area contributed by atoms with Gasteiger partial charge in [0.15, 0.2) is 0 Å². The highest BCUT2D eigenvalue weighted by Gasteiger charge is 2.19. The second-order valence-electron chi connectivity index (χ2n) is 4.36. The van der Waals surface area contributed by atoms with E-state index in [0.717, 1.165) is 0 Å². The molecule has 0 fully saturated rings. The third-order valence-electron chi connectivity index (χ3n) is 2.92. The van der Waals surface area contributed by atoms with Gasteiger partial charge in [-0.3, -0.25) is 0 Å². The van der Waals surface area contributed by atoms with Gasteiger partial charge in [0.1, 0.15) is 11.5 Å². The quantitative estimate of drug-likeness (QED) is 0.690. The minimum Gasteiger partial charge on any atom is -0.465 e. The highest BCUT2D eigenvalue weighted by molar-refractivity contribution is 6.03. The highest BCUT2D eigenvalue weighted by Crippen LogP contribution is 2.25. The van der Waals surface area contributed by atoms with Crippen molar-refractivity contribution in [2.24, 2.45) is 0 Å². The van der Waals surface area contributed by atoms with E-state index in [1.807, 2.05) is 0 Å². The molecule has 0 unspecified atom stereocenters. The van der Waals surface area contributed by atoms with Crippen molar-refractivity contribution in [1.29, 1.82) is 0 Å². The molecule has 0 aromatic heterocycles. The first-order chi connectivity index (χ1) is 10.5. The maximum absolute atomic E-state index is 11.8. The maximum Gasteiger partial charge on any atom is 0.338 e. The summed E-state index contributed by atoms with van der Waals surface area (Å²) in [6, 6.07) is 11.2. The average Bonchev–Trinajstić information content (AvgIpc) is 2.55. The zero-order valence-electron chi connectivity index (χ0n) is 12.2. The van der Waals surface area contributed by atoms with E-state index in [9.17, 15) is 9.59 Å². The van der Waals surface area contributed by atoms with Crippen LogP contribution < -0.4 is 10.5 Å². The molecule has 6 heteroatoms. The number of rotatable bonds is 4. The Bertz CT molecular complexity index is 694. The van der Waals surface area contributed by atoms with Gasteiger partial charge in [0.25, 0.3) is 0 Å². The molecule has 6 nitrogen and oxygen atoms in total. The zero-order chi connectivity index (χ0) is 16.1. The summed E-state index contributed by atoms with van der Waals surface area (Å²) in [7, 11) is 2.47. The number of carbonyl (C=O) groups is 2. The van der Waals surface area contributed by atoms with E-state index in [4.69, 9.17) is 10.5 Å². The molecule has 0 atom stereocenters. The Morgan fingerprint density at radius 1 is 0.818 bits per heavy atom. The number of nitrogens with two attached hydrogens (primary N) is 1. The van der Waals surface area contributed by atoms with Gasteiger partial charge < -0.3 is 19.9 Å². The minimum atomic E-state index is -0.650. The molecular formula is C16H15NO5. The van der Waals surface area contributed by atoms with Crippen LogP contribution in [0.5, 0.6) is 11.5 Å². The van der Waals surface area contributed by atoms with E-state index in [0.29, 0.717) is 17.2 Å². The molecule has 2 N–H and O–H groups in total. The van der Waals surface area contributed by atoms with Crippen LogP contribution in [-0.4, -0.2) is 26.2 Å². The Hall–Kier alpha value is -3.02. The molecule has 114 valence electrons. The van der Waals surface area contributed by atoms with Gasteiger partial charge in [-0.25, -0.2) is 9.59 Å². The summed E-state index contributed by atoms with van der Waals surface area (Å²) in [4.78, 5) is 23.5. The third-order valence-corrected chi connectivity index (χ3v) is 2.92. The van der Waals surface area contributed by atoms with Gasteiger partial charge in [-0.2, -0.15) is 0 Å². The number of esters is 2. The predicted molar refractivity (Wildman–Crippen MR) is 80.0 cm³/mol. The van der Waals surface area contributed by atoms with Gasteiger partial charge in [0.2, 0.25) is 0 Å². The highest BCUT2D eigenvalue weighted by atomic mass is 16.5. The Labute approximate surface area is 127 Å². The molecule has 22 heavy (non-hydrogen) atoms. The van der Waals surface area contributed by atoms with Gasteiger partial charge in [-0.05, 0) is 42.5 Å². The molecule has 2 aromatic rings. The summed E-state index contributed by atoms with van der Waals surface area (Å²) in [5.74, 6) is -0.337. The Balaban J connectivity index is 2.35. The van der Waals surface area contributed by atoms with Crippen molar-refractivity contribution in [2.45, 2.75) is 0 Å². The molecule has 0 spiro atoms. The third kappa shape index (κ3) is 3.35. The van der Waals surface area contributed by atoms with Crippen molar-refractivity contribution in [1.82, 2.24) is 0 Å². The number of hydrogen-bond donors (Lipinski definition) is 1. The number of benzene rings is 2. The van der Waals surface area contributed by atoms with Gasteiger partial charge in [0, 0.05) is 5.69 Å². The van der Waals surface area contributed by atoms with Crippen LogP contribution in [0.1, 0.15) is 20.7 Å². The van der Waals surface area contributed by atoms with E-state index in [1.165, 1.54) is 26.4 Å². The lowest BCUT2D eigenvalue weighted by Crippen LogP contribution is -2.11. The molecule has 0 bridgehead atoms. The molecule has 0 saturated carbocycles. The standard InChI is InChI=1S/C16H15NO5/c1-20-15(18)13-8-7-12(9-14(13)16(19)21-2)22-11-5-3-10(17)4-6-11/h3-9H,17H2,1-2H3. The molecule has 0 radical (unpaired) electrons. The molecular weight excluding hydrogens is 286 g/mol. The fraction of sp³-hybridized carbons (Fsp3) is 0.125. The largest absolute Gasteiger partial charge is 0.465 e. The maximum atomic E-state index is 11.8. The first kappa shape index (κ1) is 15.4. The molecule has 0 amide bonds. The van der Waals surface area contributed by atoms with Crippen molar-refractivity contribution < 1.29 is 23.8 Å². The second-order valence-corrected chi connectivity index (χ2v) is 4.36. The smallest absolute Gasteiger partial charge is 0.338 e. The van der Waals surface area contributed by atoms with Crippen LogP contribution in [0.3, 0.4) is 0 Å². The van der Waals surface area contributed by atoms with Crippen LogP contribution in [0.25, 0.3) is 0 Å². The van der Waals surface area contributed by atoms with Crippen molar-refractivity contribution in [3.8, 4) is 11.5 Å². The van der Waals surface area contributed by atoms with Crippen molar-refractivity contribution in [3.63, 3.8) is 0 Å². The van der Waals surface area contributed by atoms with Gasteiger partial charge >= 0.3 is 11.9 Å². The number of ether oxygens (including phenoxy) is 3. The summed E-state index contributed by atoms with van der Waals surface area (Å²) in [5, 5.41) is 0. The molecule has 0 heterocycles. The SMILES string of the molecule is COC(=O)c1ccc(Oc2ccc(N)cc2)cc1C(=O)OC. The van der Waals surface area contributed by atoms with Crippen LogP contribution in [0.2, 0.25) is 0 Å². The van der Waals surface area contributed by atoms with Gasteiger partial charge in [-0.15, -0.1) is 0 Å². The number of anilines is 1. The molecule has 2 rings (SSSR count). The van der Waals surface area contributed by atoms with Crippen molar-refractivity contribution in [3.05, 3.63) is 53.6 Å². The van der Waals surface area contributed by atoms with Gasteiger partial charge in [0.05, 0.1) is 25.3 Å². The van der Waals surface area contributed by atoms with Crippen LogP contribution >= 0.6 is 0 Å². The van der Waals surface area contributed by atoms with E-state index in [1.54, 1.807) is 30.3 Å². The van der Waals surface area contributed by atoms with Crippen LogP contribution in [0, 0.1) is 0 Å². The summed E-state index contributed by atoms with van der Waals surface area (Å²) in [6.07, 6.45) is 0. The fourth-order valence-electron chi connectivity index (χ4n) is 1.83. The molecule has 2 aromatic carbocycles. The normalized spacial score (nSPS) is 9.91. The Morgan fingerprint density at radius 3 is 1.95 bits per heavy atom. The number of methoxy groups -OCH3 is 2. The van der Waals surface area contributed by atoms with Crippen molar-refractivity contribution in [2.75, 3.05) is 20.0 Å². The summed E-state index contributed by atoms with van der Waals surface area (Å²) in [6.45, 7) is 0. The lowest BCUT2D eigenvalue weighted by Gasteiger charge is -2.10. The topological polar surface area (TPSA) is 87.9 Å². The van der Waals surface area contributed by atoms with Crippen molar-refractivity contribution >= 4 is 17.6 Å². The zero-order valence-corrected chi connectivity index (χ0v) is 12.2. The first-order valence-electron chi connectivity index (χ1n) is 6.39. The summed E-state index contributed by atoms with van der Waals surface area (Å²) < 4.78 is 14.9. The minimum absolute atomic E-state index is 0.0716. The Kier molecular flexibility index (Phi) is 4.63. The molecule has 0 aliphatic heterocycles. The van der Waals surface area contributed by atoms with E-state index >= 15 is 0 Å². The predicted octanol–water partition coefficient (Wildman–Crippen LogP) is 2.63. The average molecular weight is 301 g/mol. The van der Waals surface area contributed by atoms with E-state index in [2.05, 4.69) is 9.47 Å².